The average molecular weight is 217 g/mol. The first-order valence-electron chi connectivity index (χ1n) is 4.31. The van der Waals surface area contributed by atoms with Gasteiger partial charge < -0.3 is 0 Å². The van der Waals surface area contributed by atoms with Crippen LogP contribution >= 0.6 is 11.6 Å². The normalized spacial score (nSPS) is 15.5. The maximum atomic E-state index is 13.3. The zero-order chi connectivity index (χ0) is 10.3. The van der Waals surface area contributed by atoms with Crippen molar-refractivity contribution in [3.63, 3.8) is 0 Å². The van der Waals surface area contributed by atoms with Gasteiger partial charge in [0.25, 0.3) is 0 Å². The van der Waals surface area contributed by atoms with Crippen LogP contribution in [0, 0.1) is 11.6 Å². The molecule has 1 aliphatic carbocycles. The van der Waals surface area contributed by atoms with E-state index in [9.17, 15) is 13.6 Å². The summed E-state index contributed by atoms with van der Waals surface area (Å²) in [6.07, 6.45) is 1.36. The number of Topliss-reactive ketones (excluding diaryl/α,β-unsaturated/α-hetero) is 1. The fraction of sp³-hybridized carbons (Fsp3) is 0.300. The van der Waals surface area contributed by atoms with E-state index in [0.717, 1.165) is 0 Å². The van der Waals surface area contributed by atoms with Crippen LogP contribution in [0.2, 0.25) is 5.02 Å². The molecule has 0 radical (unpaired) electrons. The minimum absolute atomic E-state index is 0.160. The third-order valence-electron chi connectivity index (χ3n) is 2.39. The molecule has 0 amide bonds. The third kappa shape index (κ3) is 1.32. The molecule has 1 aromatic carbocycles. The van der Waals surface area contributed by atoms with Crippen LogP contribution in [0.1, 0.15) is 28.8 Å². The highest BCUT2D eigenvalue weighted by molar-refractivity contribution is 6.31. The lowest BCUT2D eigenvalue weighted by atomic mass is 9.90. The van der Waals surface area contributed by atoms with Crippen molar-refractivity contribution in [2.45, 2.75) is 19.3 Å². The van der Waals surface area contributed by atoms with E-state index in [1.807, 2.05) is 0 Å². The van der Waals surface area contributed by atoms with Crippen molar-refractivity contribution in [2.75, 3.05) is 0 Å². The summed E-state index contributed by atoms with van der Waals surface area (Å²) in [4.78, 5) is 11.4. The monoisotopic (exact) mass is 216 g/mol. The largest absolute Gasteiger partial charge is 0.294 e. The number of benzene rings is 1. The quantitative estimate of drug-likeness (QED) is 0.609. The lowest BCUT2D eigenvalue weighted by Crippen LogP contribution is -2.13. The van der Waals surface area contributed by atoms with Crippen LogP contribution in [-0.2, 0) is 6.42 Å². The van der Waals surface area contributed by atoms with E-state index in [0.29, 0.717) is 19.3 Å². The van der Waals surface area contributed by atoms with Crippen LogP contribution in [-0.4, -0.2) is 5.78 Å². The minimum atomic E-state index is -1.06. The third-order valence-corrected chi connectivity index (χ3v) is 2.67. The molecule has 0 aliphatic heterocycles. The molecule has 4 heteroatoms. The first kappa shape index (κ1) is 9.59. The predicted octanol–water partition coefficient (Wildman–Crippen LogP) is 3.14. The van der Waals surface area contributed by atoms with Gasteiger partial charge in [-0.15, -0.1) is 0 Å². The molecule has 0 atom stereocenters. The molecule has 0 heterocycles. The summed E-state index contributed by atoms with van der Waals surface area (Å²) in [7, 11) is 0. The summed E-state index contributed by atoms with van der Waals surface area (Å²) < 4.78 is 26.3. The first-order valence-corrected chi connectivity index (χ1v) is 4.68. The van der Waals surface area contributed by atoms with Crippen LogP contribution in [0.3, 0.4) is 0 Å². The second kappa shape index (κ2) is 3.31. The molecule has 1 nitrogen and oxygen atoms in total. The number of ketones is 1. The maximum absolute atomic E-state index is 13.3. The van der Waals surface area contributed by atoms with Gasteiger partial charge in [-0.05, 0) is 18.9 Å². The molecule has 0 unspecified atom stereocenters. The van der Waals surface area contributed by atoms with E-state index in [1.165, 1.54) is 6.07 Å². The Bertz CT molecular complexity index is 415. The number of hydrogen-bond donors (Lipinski definition) is 0. The molecule has 0 aromatic heterocycles. The highest BCUT2D eigenvalue weighted by Gasteiger charge is 2.24. The van der Waals surface area contributed by atoms with Crippen LogP contribution < -0.4 is 0 Å². The standard InChI is InChI=1S/C10H7ClF2O/c11-7-4-6-5(9(12)10(7)13)2-1-3-8(6)14/h4H,1-3H2. The average Bonchev–Trinajstić information content (AvgIpc) is 2.17. The molecular formula is C10H7ClF2O. The van der Waals surface area contributed by atoms with E-state index < -0.39 is 11.6 Å². The van der Waals surface area contributed by atoms with E-state index in [2.05, 4.69) is 0 Å². The van der Waals surface area contributed by atoms with Gasteiger partial charge in [0, 0.05) is 17.5 Å². The van der Waals surface area contributed by atoms with Crippen molar-refractivity contribution in [1.29, 1.82) is 0 Å². The number of carbonyl (C=O) groups excluding carboxylic acids is 1. The predicted molar refractivity (Wildman–Crippen MR) is 48.6 cm³/mol. The van der Waals surface area contributed by atoms with E-state index in [1.54, 1.807) is 0 Å². The highest BCUT2D eigenvalue weighted by Crippen LogP contribution is 2.29. The molecule has 0 saturated heterocycles. The number of rotatable bonds is 0. The van der Waals surface area contributed by atoms with E-state index in [4.69, 9.17) is 11.6 Å². The van der Waals surface area contributed by atoms with E-state index >= 15 is 0 Å². The van der Waals surface area contributed by atoms with Crippen molar-refractivity contribution in [1.82, 2.24) is 0 Å². The Labute approximate surface area is 84.7 Å². The van der Waals surface area contributed by atoms with Crippen molar-refractivity contribution in [3.05, 3.63) is 33.9 Å². The number of carbonyl (C=O) groups is 1. The van der Waals surface area contributed by atoms with Gasteiger partial charge in [-0.2, -0.15) is 0 Å². The van der Waals surface area contributed by atoms with Crippen LogP contribution in [0.5, 0.6) is 0 Å². The summed E-state index contributed by atoms with van der Waals surface area (Å²) >= 11 is 5.45. The van der Waals surface area contributed by atoms with Crippen molar-refractivity contribution in [2.24, 2.45) is 0 Å². The van der Waals surface area contributed by atoms with Crippen molar-refractivity contribution in [3.8, 4) is 0 Å². The summed E-state index contributed by atoms with van der Waals surface area (Å²) in [5.74, 6) is -2.19. The summed E-state index contributed by atoms with van der Waals surface area (Å²) in [5, 5.41) is -0.323. The smallest absolute Gasteiger partial charge is 0.177 e. The Kier molecular flexibility index (Phi) is 2.27. The second-order valence-electron chi connectivity index (χ2n) is 3.29. The Hall–Kier alpha value is -0.960. The lowest BCUT2D eigenvalue weighted by molar-refractivity contribution is 0.0971. The molecule has 0 fully saturated rings. The fourth-order valence-corrected chi connectivity index (χ4v) is 1.88. The highest BCUT2D eigenvalue weighted by atomic mass is 35.5. The molecule has 74 valence electrons. The Morgan fingerprint density at radius 2 is 1.93 bits per heavy atom. The zero-order valence-electron chi connectivity index (χ0n) is 7.24. The van der Waals surface area contributed by atoms with Gasteiger partial charge in [0.1, 0.15) is 0 Å². The van der Waals surface area contributed by atoms with Crippen LogP contribution in [0.4, 0.5) is 8.78 Å². The molecular weight excluding hydrogens is 210 g/mol. The Morgan fingerprint density at radius 3 is 2.64 bits per heavy atom. The van der Waals surface area contributed by atoms with Crippen molar-refractivity contribution < 1.29 is 13.6 Å². The van der Waals surface area contributed by atoms with E-state index in [-0.39, 0.29) is 21.9 Å². The molecule has 0 saturated carbocycles. The molecule has 1 aromatic rings. The Morgan fingerprint density at radius 1 is 1.21 bits per heavy atom. The van der Waals surface area contributed by atoms with Gasteiger partial charge >= 0.3 is 0 Å². The summed E-state index contributed by atoms with van der Waals surface area (Å²) in [5.41, 5.74) is 0.406. The van der Waals surface area contributed by atoms with Gasteiger partial charge in [0.2, 0.25) is 0 Å². The Balaban J connectivity index is 2.69. The maximum Gasteiger partial charge on any atom is 0.177 e. The molecule has 0 bridgehead atoms. The summed E-state index contributed by atoms with van der Waals surface area (Å²) in [6.45, 7) is 0. The number of fused-ring (bicyclic) bond motifs is 1. The van der Waals surface area contributed by atoms with Gasteiger partial charge in [0.05, 0.1) is 5.02 Å². The van der Waals surface area contributed by atoms with Gasteiger partial charge in [-0.1, -0.05) is 11.6 Å². The number of hydrogen-bond acceptors (Lipinski definition) is 1. The molecule has 2 rings (SSSR count). The van der Waals surface area contributed by atoms with Gasteiger partial charge in [-0.25, -0.2) is 8.78 Å². The fourth-order valence-electron chi connectivity index (χ4n) is 1.69. The number of halogens is 3. The molecule has 0 N–H and O–H groups in total. The topological polar surface area (TPSA) is 17.1 Å². The SMILES string of the molecule is O=C1CCCc2c1cc(Cl)c(F)c2F. The molecule has 1 aliphatic rings. The first-order chi connectivity index (χ1) is 6.61. The van der Waals surface area contributed by atoms with Crippen LogP contribution in [0.25, 0.3) is 0 Å². The lowest BCUT2D eigenvalue weighted by Gasteiger charge is -2.15. The molecule has 14 heavy (non-hydrogen) atoms. The van der Waals surface area contributed by atoms with Crippen LogP contribution in [0.15, 0.2) is 6.07 Å². The van der Waals surface area contributed by atoms with Gasteiger partial charge in [0.15, 0.2) is 17.4 Å². The van der Waals surface area contributed by atoms with Crippen molar-refractivity contribution >= 4 is 17.4 Å². The second-order valence-corrected chi connectivity index (χ2v) is 3.70. The zero-order valence-corrected chi connectivity index (χ0v) is 8.00. The van der Waals surface area contributed by atoms with Gasteiger partial charge in [-0.3, -0.25) is 4.79 Å². The molecule has 0 spiro atoms. The summed E-state index contributed by atoms with van der Waals surface area (Å²) in [6, 6.07) is 1.22. The minimum Gasteiger partial charge on any atom is -0.294 e.